The average Bonchev–Trinajstić information content (AvgIpc) is 3.27. The molecule has 33 heavy (non-hydrogen) atoms. The number of carbonyl (C=O) groups excluding carboxylic acids is 1. The predicted molar refractivity (Wildman–Crippen MR) is 132 cm³/mol. The molecule has 0 radical (unpaired) electrons. The Hall–Kier alpha value is -3.35. The van der Waals surface area contributed by atoms with Crippen LogP contribution in [-0.2, 0) is 19.6 Å². The number of anilines is 1. The Bertz CT molecular complexity index is 1150. The molecule has 0 aliphatic carbocycles. The summed E-state index contributed by atoms with van der Waals surface area (Å²) < 4.78 is 13.4. The molecule has 0 unspecified atom stereocenters. The van der Waals surface area contributed by atoms with E-state index in [9.17, 15) is 9.18 Å². The van der Waals surface area contributed by atoms with Gasteiger partial charge in [0.1, 0.15) is 16.5 Å². The molecule has 4 nitrogen and oxygen atoms in total. The number of nitrogens with one attached hydrogen (secondary N) is 1. The summed E-state index contributed by atoms with van der Waals surface area (Å²) in [5.74, 6) is -0.460. The highest BCUT2D eigenvalue weighted by Gasteiger charge is 2.15. The van der Waals surface area contributed by atoms with E-state index in [4.69, 9.17) is 0 Å². The highest BCUT2D eigenvalue weighted by molar-refractivity contribution is 7.09. The molecule has 0 spiro atoms. The molecule has 6 heteroatoms. The second-order valence-electron chi connectivity index (χ2n) is 8.20. The summed E-state index contributed by atoms with van der Waals surface area (Å²) >= 11 is 1.47. The molecule has 168 valence electrons. The van der Waals surface area contributed by atoms with Gasteiger partial charge in [-0.15, -0.1) is 11.3 Å². The van der Waals surface area contributed by atoms with Crippen LogP contribution in [0.1, 0.15) is 37.7 Å². The minimum atomic E-state index is -0.243. The number of benzene rings is 3. The zero-order chi connectivity index (χ0) is 23.2. The number of thiazole rings is 1. The third-order valence-electron chi connectivity index (χ3n) is 5.30. The fraction of sp³-hybridized carbons (Fsp3) is 0.185. The lowest BCUT2D eigenvalue weighted by Crippen LogP contribution is -2.22. The number of amides is 1. The molecule has 0 bridgehead atoms. The average molecular weight is 460 g/mol. The molecule has 1 amide bonds. The summed E-state index contributed by atoms with van der Waals surface area (Å²) in [6, 6.07) is 22.7. The summed E-state index contributed by atoms with van der Waals surface area (Å²) in [5.41, 5.74) is 5.73. The van der Waals surface area contributed by atoms with Crippen LogP contribution in [0.4, 0.5) is 10.1 Å². The largest absolute Gasteiger partial charge is 0.321 e. The minimum Gasteiger partial charge on any atom is -0.321 e. The van der Waals surface area contributed by atoms with Gasteiger partial charge in [-0.25, -0.2) is 9.37 Å². The Morgan fingerprint density at radius 2 is 1.39 bits per heavy atom. The van der Waals surface area contributed by atoms with Crippen molar-refractivity contribution in [1.29, 1.82) is 0 Å². The van der Waals surface area contributed by atoms with Gasteiger partial charge in [-0.3, -0.25) is 9.69 Å². The molecule has 1 N–H and O–H groups in total. The molecule has 0 aliphatic rings. The van der Waals surface area contributed by atoms with E-state index in [1.165, 1.54) is 34.6 Å². The van der Waals surface area contributed by atoms with Crippen molar-refractivity contribution in [3.63, 3.8) is 0 Å². The smallest absolute Gasteiger partial charge is 0.275 e. The normalized spacial score (nSPS) is 11.0. The monoisotopic (exact) mass is 459 g/mol. The topological polar surface area (TPSA) is 45.2 Å². The summed E-state index contributed by atoms with van der Waals surface area (Å²) in [7, 11) is 0. The van der Waals surface area contributed by atoms with Crippen molar-refractivity contribution in [3.05, 3.63) is 117 Å². The lowest BCUT2D eigenvalue weighted by molar-refractivity contribution is 0.102. The van der Waals surface area contributed by atoms with E-state index in [0.717, 1.165) is 28.4 Å². The summed E-state index contributed by atoms with van der Waals surface area (Å²) in [5, 5.41) is 5.55. The number of hydrogen-bond acceptors (Lipinski definition) is 4. The van der Waals surface area contributed by atoms with Gasteiger partial charge in [0.05, 0.1) is 6.54 Å². The Kier molecular flexibility index (Phi) is 7.27. The van der Waals surface area contributed by atoms with Crippen LogP contribution >= 0.6 is 11.3 Å². The van der Waals surface area contributed by atoms with Crippen molar-refractivity contribution in [2.45, 2.75) is 33.5 Å². The molecule has 4 rings (SSSR count). The maximum absolute atomic E-state index is 13.4. The fourth-order valence-electron chi connectivity index (χ4n) is 3.48. The second-order valence-corrected chi connectivity index (χ2v) is 9.15. The van der Waals surface area contributed by atoms with Crippen molar-refractivity contribution in [3.8, 4) is 0 Å². The number of halogens is 1. The SMILES string of the molecule is Cc1ccc(CN(Cc2ccc(F)cc2)Cc2nc(C(=O)Nc3ccc(C)cc3)cs2)cc1. The first-order chi connectivity index (χ1) is 15.9. The number of hydrogen-bond donors (Lipinski definition) is 1. The second kappa shape index (κ2) is 10.5. The van der Waals surface area contributed by atoms with E-state index in [0.29, 0.717) is 18.8 Å². The zero-order valence-electron chi connectivity index (χ0n) is 18.7. The number of rotatable bonds is 8. The molecular formula is C27H26FN3OS. The standard InChI is InChI=1S/C27H26FN3OS/c1-19-3-7-21(8-4-19)15-31(16-22-9-11-23(28)12-10-22)17-26-30-25(18-33-26)27(32)29-24-13-5-20(2)6-14-24/h3-14,18H,15-17H2,1-2H3,(H,29,32). The molecule has 0 saturated heterocycles. The number of carbonyl (C=O) groups is 1. The molecule has 0 fully saturated rings. The Morgan fingerprint density at radius 3 is 2.00 bits per heavy atom. The van der Waals surface area contributed by atoms with E-state index in [1.807, 2.05) is 31.2 Å². The Morgan fingerprint density at radius 1 is 0.848 bits per heavy atom. The number of aryl methyl sites for hydroxylation is 2. The molecule has 4 aromatic rings. The lowest BCUT2D eigenvalue weighted by Gasteiger charge is -2.21. The number of nitrogens with zero attached hydrogens (tertiary/aromatic N) is 2. The maximum Gasteiger partial charge on any atom is 0.275 e. The van der Waals surface area contributed by atoms with E-state index in [2.05, 4.69) is 46.4 Å². The van der Waals surface area contributed by atoms with E-state index >= 15 is 0 Å². The van der Waals surface area contributed by atoms with Crippen LogP contribution in [0.5, 0.6) is 0 Å². The highest BCUT2D eigenvalue weighted by Crippen LogP contribution is 2.19. The van der Waals surface area contributed by atoms with Gasteiger partial charge < -0.3 is 5.32 Å². The summed E-state index contributed by atoms with van der Waals surface area (Å²) in [6.45, 7) is 6.04. The first-order valence-corrected chi connectivity index (χ1v) is 11.7. The van der Waals surface area contributed by atoms with Gasteiger partial charge in [0.15, 0.2) is 0 Å². The van der Waals surface area contributed by atoms with Crippen LogP contribution in [0.3, 0.4) is 0 Å². The van der Waals surface area contributed by atoms with Crippen LogP contribution in [0.15, 0.2) is 78.2 Å². The molecule has 1 aromatic heterocycles. The molecule has 0 aliphatic heterocycles. The van der Waals surface area contributed by atoms with E-state index in [-0.39, 0.29) is 11.7 Å². The predicted octanol–water partition coefficient (Wildman–Crippen LogP) is 6.35. The van der Waals surface area contributed by atoms with Crippen LogP contribution in [-0.4, -0.2) is 15.8 Å². The van der Waals surface area contributed by atoms with Crippen LogP contribution in [0.25, 0.3) is 0 Å². The van der Waals surface area contributed by atoms with Gasteiger partial charge in [-0.1, -0.05) is 59.7 Å². The highest BCUT2D eigenvalue weighted by atomic mass is 32.1. The van der Waals surface area contributed by atoms with Gasteiger partial charge in [0.25, 0.3) is 5.91 Å². The van der Waals surface area contributed by atoms with Crippen molar-refractivity contribution < 1.29 is 9.18 Å². The van der Waals surface area contributed by atoms with Gasteiger partial charge in [0, 0.05) is 24.2 Å². The van der Waals surface area contributed by atoms with Crippen molar-refractivity contribution in [1.82, 2.24) is 9.88 Å². The zero-order valence-corrected chi connectivity index (χ0v) is 19.5. The molecular weight excluding hydrogens is 433 g/mol. The summed E-state index contributed by atoms with van der Waals surface area (Å²) in [4.78, 5) is 19.5. The van der Waals surface area contributed by atoms with Crippen LogP contribution < -0.4 is 5.32 Å². The quantitative estimate of drug-likeness (QED) is 0.334. The fourth-order valence-corrected chi connectivity index (χ4v) is 4.29. The number of aromatic nitrogens is 1. The van der Waals surface area contributed by atoms with Gasteiger partial charge in [-0.2, -0.15) is 0 Å². The van der Waals surface area contributed by atoms with Crippen LogP contribution in [0, 0.1) is 19.7 Å². The first-order valence-electron chi connectivity index (χ1n) is 10.8. The Labute approximate surface area is 197 Å². The van der Waals surface area contributed by atoms with Crippen molar-refractivity contribution >= 4 is 22.9 Å². The van der Waals surface area contributed by atoms with E-state index in [1.54, 1.807) is 17.5 Å². The van der Waals surface area contributed by atoms with Gasteiger partial charge in [0.2, 0.25) is 0 Å². The lowest BCUT2D eigenvalue weighted by atomic mass is 10.1. The maximum atomic E-state index is 13.4. The van der Waals surface area contributed by atoms with Gasteiger partial charge >= 0.3 is 0 Å². The minimum absolute atomic E-state index is 0.218. The summed E-state index contributed by atoms with van der Waals surface area (Å²) in [6.07, 6.45) is 0. The first kappa shape index (κ1) is 22.8. The van der Waals surface area contributed by atoms with Gasteiger partial charge in [-0.05, 0) is 49.2 Å². The molecule has 1 heterocycles. The van der Waals surface area contributed by atoms with E-state index < -0.39 is 0 Å². The van der Waals surface area contributed by atoms with Crippen molar-refractivity contribution in [2.24, 2.45) is 0 Å². The van der Waals surface area contributed by atoms with Crippen molar-refractivity contribution in [2.75, 3.05) is 5.32 Å². The van der Waals surface area contributed by atoms with Crippen LogP contribution in [0.2, 0.25) is 0 Å². The third-order valence-corrected chi connectivity index (χ3v) is 6.13. The molecule has 0 atom stereocenters. The Balaban J connectivity index is 1.47. The molecule has 0 saturated carbocycles. The third kappa shape index (κ3) is 6.57. The molecule has 3 aromatic carbocycles.